The van der Waals surface area contributed by atoms with Crippen molar-refractivity contribution in [2.45, 2.75) is 50.6 Å². The fraction of sp³-hybridized carbons (Fsp3) is 0.500. The molecule has 8 heteroatoms. The molecule has 2 bridgehead atoms. The summed E-state index contributed by atoms with van der Waals surface area (Å²) in [6.45, 7) is 0.670. The molecule has 1 aromatic carbocycles. The minimum atomic E-state index is -3.29. The van der Waals surface area contributed by atoms with Gasteiger partial charge >= 0.3 is 12.0 Å². The van der Waals surface area contributed by atoms with Gasteiger partial charge in [-0.2, -0.15) is 0 Å². The third-order valence-corrected chi connectivity index (χ3v) is 5.64. The molecule has 3 atom stereocenters. The van der Waals surface area contributed by atoms with Crippen LogP contribution in [-0.4, -0.2) is 40.0 Å². The van der Waals surface area contributed by atoms with Crippen LogP contribution in [-0.2, 0) is 21.9 Å². The Balaban J connectivity index is 1.73. The Morgan fingerprint density at radius 2 is 2.04 bits per heavy atom. The Labute approximate surface area is 148 Å². The number of aliphatic carboxylic acids is 1. The summed E-state index contributed by atoms with van der Waals surface area (Å²) < 4.78 is 28.0. The molecule has 6 nitrogen and oxygen atoms in total. The minimum absolute atomic E-state index is 0.0339. The fourth-order valence-electron chi connectivity index (χ4n) is 4.59. The summed E-state index contributed by atoms with van der Waals surface area (Å²) in [7, 11) is 0. The van der Waals surface area contributed by atoms with E-state index in [2.05, 4.69) is 0 Å². The van der Waals surface area contributed by atoms with E-state index in [1.54, 1.807) is 4.90 Å². The number of nitrogens with zero attached hydrogens (tertiary/aromatic N) is 2. The molecule has 0 spiro atoms. The summed E-state index contributed by atoms with van der Waals surface area (Å²) in [6.07, 6.45) is 2.03. The van der Waals surface area contributed by atoms with Crippen LogP contribution in [0.3, 0.4) is 0 Å². The maximum Gasteiger partial charge on any atom is 0.332 e. The lowest BCUT2D eigenvalue weighted by Crippen LogP contribution is -2.40. The van der Waals surface area contributed by atoms with Crippen molar-refractivity contribution in [1.29, 1.82) is 0 Å². The molecule has 138 valence electrons. The van der Waals surface area contributed by atoms with Gasteiger partial charge in [-0.05, 0) is 42.9 Å². The predicted molar refractivity (Wildman–Crippen MR) is 87.0 cm³/mol. The number of carboxylic acids is 1. The second-order valence-corrected chi connectivity index (χ2v) is 7.34. The van der Waals surface area contributed by atoms with Crippen molar-refractivity contribution in [3.63, 3.8) is 0 Å². The van der Waals surface area contributed by atoms with Crippen molar-refractivity contribution < 1.29 is 28.3 Å². The summed E-state index contributed by atoms with van der Waals surface area (Å²) in [6, 6.07) is 2.78. The lowest BCUT2D eigenvalue weighted by atomic mass is 9.97. The molecule has 26 heavy (non-hydrogen) atoms. The number of rotatable bonds is 4. The number of carbonyl (C=O) groups excluding carboxylic acids is 2. The van der Waals surface area contributed by atoms with Crippen molar-refractivity contribution >= 4 is 23.6 Å². The number of anilines is 1. The first-order valence-electron chi connectivity index (χ1n) is 8.57. The highest BCUT2D eigenvalue weighted by molar-refractivity contribution is 6.22. The van der Waals surface area contributed by atoms with Crippen LogP contribution < -0.4 is 4.90 Å². The molecule has 1 aliphatic carbocycles. The highest BCUT2D eigenvalue weighted by Gasteiger charge is 2.59. The van der Waals surface area contributed by atoms with Crippen molar-refractivity contribution in [3.05, 3.63) is 29.3 Å². The van der Waals surface area contributed by atoms with Gasteiger partial charge in [0.15, 0.2) is 0 Å². The van der Waals surface area contributed by atoms with Crippen molar-refractivity contribution in [2.24, 2.45) is 5.92 Å². The van der Waals surface area contributed by atoms with E-state index in [-0.39, 0.29) is 29.1 Å². The third kappa shape index (κ3) is 2.39. The van der Waals surface area contributed by atoms with E-state index in [1.165, 1.54) is 12.1 Å². The number of carbonyl (C=O) groups is 3. The van der Waals surface area contributed by atoms with Gasteiger partial charge in [-0.3, -0.25) is 9.59 Å². The molecular formula is C18H18F2N2O4. The van der Waals surface area contributed by atoms with Gasteiger partial charge in [0.2, 0.25) is 0 Å². The van der Waals surface area contributed by atoms with E-state index in [9.17, 15) is 23.2 Å². The zero-order chi connectivity index (χ0) is 18.8. The van der Waals surface area contributed by atoms with Gasteiger partial charge < -0.3 is 10.0 Å². The first-order chi connectivity index (χ1) is 12.2. The normalized spacial score (nSPS) is 27.4. The van der Waals surface area contributed by atoms with E-state index in [0.717, 1.165) is 30.2 Å². The molecule has 2 unspecified atom stereocenters. The highest BCUT2D eigenvalue weighted by Crippen LogP contribution is 2.47. The van der Waals surface area contributed by atoms with Crippen LogP contribution in [0.2, 0.25) is 0 Å². The molecule has 2 aliphatic heterocycles. The molecule has 0 aromatic heterocycles. The fourth-order valence-corrected chi connectivity index (χ4v) is 4.59. The van der Waals surface area contributed by atoms with Crippen LogP contribution >= 0.6 is 0 Å². The Morgan fingerprint density at radius 1 is 1.31 bits per heavy atom. The van der Waals surface area contributed by atoms with Gasteiger partial charge in [0.25, 0.3) is 11.8 Å². The van der Waals surface area contributed by atoms with Gasteiger partial charge in [-0.25, -0.2) is 18.5 Å². The second-order valence-electron chi connectivity index (χ2n) is 7.34. The topological polar surface area (TPSA) is 77.9 Å². The van der Waals surface area contributed by atoms with Crippen LogP contribution in [0.25, 0.3) is 0 Å². The Kier molecular flexibility index (Phi) is 3.58. The Morgan fingerprint density at radius 3 is 2.65 bits per heavy atom. The summed E-state index contributed by atoms with van der Waals surface area (Å²) in [4.78, 5) is 39.0. The zero-order valence-electron chi connectivity index (χ0n) is 14.1. The predicted octanol–water partition coefficient (Wildman–Crippen LogP) is 2.74. The number of halogens is 2. The molecule has 1 saturated carbocycles. The van der Waals surface area contributed by atoms with Crippen LogP contribution in [0.15, 0.2) is 18.2 Å². The number of hydrogen-bond donors (Lipinski definition) is 1. The smallest absolute Gasteiger partial charge is 0.332 e. The number of hydrogen-bond acceptors (Lipinski definition) is 3. The van der Waals surface area contributed by atoms with Gasteiger partial charge in [-0.1, -0.05) is 6.07 Å². The number of fused-ring (bicyclic) bond motifs is 5. The van der Waals surface area contributed by atoms with Crippen molar-refractivity contribution in [1.82, 2.24) is 4.90 Å². The summed E-state index contributed by atoms with van der Waals surface area (Å²) in [5, 5.41) is 8.93. The van der Waals surface area contributed by atoms with E-state index < -0.39 is 35.9 Å². The Bertz CT molecular complexity index is 792. The third-order valence-electron chi connectivity index (χ3n) is 5.64. The second kappa shape index (κ2) is 5.49. The van der Waals surface area contributed by atoms with Gasteiger partial charge in [0, 0.05) is 18.5 Å². The van der Waals surface area contributed by atoms with Gasteiger partial charge in [0.1, 0.15) is 6.04 Å². The van der Waals surface area contributed by atoms with Gasteiger partial charge in [0.05, 0.1) is 12.1 Å². The molecule has 4 rings (SSSR count). The first kappa shape index (κ1) is 16.9. The maximum absolute atomic E-state index is 14.0. The number of imide groups is 1. The number of alkyl halides is 2. The number of carboxylic acid groups (broad SMARTS) is 1. The lowest BCUT2D eigenvalue weighted by Gasteiger charge is -2.25. The number of amides is 3. The summed E-state index contributed by atoms with van der Waals surface area (Å²) >= 11 is 0. The summed E-state index contributed by atoms with van der Waals surface area (Å²) in [5.74, 6) is -4.76. The number of urea groups is 1. The van der Waals surface area contributed by atoms with Crippen LogP contribution in [0.4, 0.5) is 19.3 Å². The average molecular weight is 364 g/mol. The lowest BCUT2D eigenvalue weighted by molar-refractivity contribution is -0.136. The molecule has 3 amide bonds. The zero-order valence-corrected chi connectivity index (χ0v) is 14.1. The monoisotopic (exact) mass is 364 g/mol. The largest absolute Gasteiger partial charge is 0.481 e. The molecule has 1 N–H and O–H groups in total. The highest BCUT2D eigenvalue weighted by atomic mass is 19.3. The quantitative estimate of drug-likeness (QED) is 0.834. The van der Waals surface area contributed by atoms with Crippen molar-refractivity contribution in [2.75, 3.05) is 4.90 Å². The minimum Gasteiger partial charge on any atom is -0.481 e. The van der Waals surface area contributed by atoms with Crippen LogP contribution in [0, 0.1) is 5.92 Å². The number of piperidine rings is 1. The van der Waals surface area contributed by atoms with E-state index in [0.29, 0.717) is 6.92 Å². The van der Waals surface area contributed by atoms with E-state index in [4.69, 9.17) is 5.11 Å². The van der Waals surface area contributed by atoms with Crippen LogP contribution in [0.1, 0.15) is 37.3 Å². The molecule has 3 fully saturated rings. The molecule has 2 saturated heterocycles. The first-order valence-corrected chi connectivity index (χ1v) is 8.57. The SMILES string of the molecule is CC(F)(F)c1cc(N2C(=O)[C@@H]3C4CCC(C4)N3C2=O)ccc1CC(=O)O. The molecule has 0 radical (unpaired) electrons. The summed E-state index contributed by atoms with van der Waals surface area (Å²) in [5.41, 5.74) is -0.444. The maximum atomic E-state index is 14.0. The van der Waals surface area contributed by atoms with Gasteiger partial charge in [-0.15, -0.1) is 0 Å². The molecule has 3 aliphatic rings. The molecule has 1 aromatic rings. The Hall–Kier alpha value is -2.51. The number of benzene rings is 1. The van der Waals surface area contributed by atoms with E-state index in [1.807, 2.05) is 0 Å². The van der Waals surface area contributed by atoms with E-state index >= 15 is 0 Å². The standard InChI is InChI=1S/C18H18F2N2O4/c1-18(19,20)13-8-12(4-2-9(13)7-14(23)24)22-16(25)15-10-3-5-11(6-10)21(15)17(22)26/h2,4,8,10-11,15H,3,5-7H2,1H3,(H,23,24)/t10?,11?,15-/m0/s1. The average Bonchev–Trinajstić information content (AvgIpc) is 3.21. The molecular weight excluding hydrogens is 346 g/mol. The van der Waals surface area contributed by atoms with Crippen molar-refractivity contribution in [3.8, 4) is 0 Å². The van der Waals surface area contributed by atoms with Crippen LogP contribution in [0.5, 0.6) is 0 Å². The molecule has 2 heterocycles.